The summed E-state index contributed by atoms with van der Waals surface area (Å²) in [5.41, 5.74) is 4.92. The predicted octanol–water partition coefficient (Wildman–Crippen LogP) is 6.46. The van der Waals surface area contributed by atoms with Gasteiger partial charge in [0.15, 0.2) is 0 Å². The molecule has 2 aromatic carbocycles. The number of thioether (sulfide) groups is 1. The molecule has 0 unspecified atom stereocenters. The molecule has 0 fully saturated rings. The number of fused-ring (bicyclic) bond motifs is 1. The second-order valence-electron chi connectivity index (χ2n) is 7.33. The molecule has 0 saturated carbocycles. The Labute approximate surface area is 195 Å². The fourth-order valence-electron chi connectivity index (χ4n) is 3.71. The SMILES string of the molecule is COC(=O)c1c(-c2ccc3c(c2)CCCC3)csc1NC(=O)CSc1ccc(Cl)cc1. The lowest BCUT2D eigenvalue weighted by Crippen LogP contribution is -2.16. The van der Waals surface area contributed by atoms with Crippen LogP contribution in [0.15, 0.2) is 52.7 Å². The fourth-order valence-corrected chi connectivity index (χ4v) is 5.51. The van der Waals surface area contributed by atoms with Crippen molar-refractivity contribution in [3.8, 4) is 11.1 Å². The van der Waals surface area contributed by atoms with Gasteiger partial charge in [0.25, 0.3) is 0 Å². The zero-order valence-corrected chi connectivity index (χ0v) is 19.5. The molecule has 4 rings (SSSR count). The van der Waals surface area contributed by atoms with Gasteiger partial charge in [0, 0.05) is 20.9 Å². The molecule has 0 radical (unpaired) electrons. The van der Waals surface area contributed by atoms with Gasteiger partial charge in [0.1, 0.15) is 10.6 Å². The first-order valence-electron chi connectivity index (χ1n) is 10.1. The number of aryl methyl sites for hydroxylation is 2. The van der Waals surface area contributed by atoms with Crippen molar-refractivity contribution in [1.82, 2.24) is 0 Å². The standard InChI is InChI=1S/C24H22ClNO3S2/c1-29-24(28)22-20(17-7-6-15-4-2-3-5-16(15)12-17)13-31-23(22)26-21(27)14-30-19-10-8-18(25)9-11-19/h6-13H,2-5,14H2,1H3,(H,26,27). The molecule has 1 amide bonds. The van der Waals surface area contributed by atoms with Crippen molar-refractivity contribution in [2.45, 2.75) is 30.6 Å². The van der Waals surface area contributed by atoms with E-state index in [2.05, 4.69) is 23.5 Å². The minimum Gasteiger partial charge on any atom is -0.465 e. The average molecular weight is 472 g/mol. The topological polar surface area (TPSA) is 55.4 Å². The van der Waals surface area contributed by atoms with Crippen LogP contribution in [-0.2, 0) is 22.4 Å². The van der Waals surface area contributed by atoms with Gasteiger partial charge in [0.05, 0.1) is 12.9 Å². The summed E-state index contributed by atoms with van der Waals surface area (Å²) in [4.78, 5) is 26.1. The van der Waals surface area contributed by atoms with Crippen molar-refractivity contribution >= 4 is 51.6 Å². The highest BCUT2D eigenvalue weighted by Crippen LogP contribution is 2.38. The van der Waals surface area contributed by atoms with Crippen LogP contribution in [0.25, 0.3) is 11.1 Å². The number of amides is 1. The predicted molar refractivity (Wildman–Crippen MR) is 129 cm³/mol. The van der Waals surface area contributed by atoms with E-state index >= 15 is 0 Å². The molecule has 3 aromatic rings. The molecule has 160 valence electrons. The van der Waals surface area contributed by atoms with E-state index in [0.29, 0.717) is 15.6 Å². The number of carbonyl (C=O) groups excluding carboxylic acids is 2. The molecular weight excluding hydrogens is 450 g/mol. The van der Waals surface area contributed by atoms with Crippen molar-refractivity contribution in [2.75, 3.05) is 18.2 Å². The second-order valence-corrected chi connectivity index (χ2v) is 9.69. The van der Waals surface area contributed by atoms with E-state index in [1.165, 1.54) is 54.2 Å². The number of hydrogen-bond donors (Lipinski definition) is 1. The fraction of sp³-hybridized carbons (Fsp3) is 0.250. The molecule has 0 spiro atoms. The zero-order valence-electron chi connectivity index (χ0n) is 17.1. The molecule has 1 aliphatic carbocycles. The van der Waals surface area contributed by atoms with E-state index in [0.717, 1.165) is 28.9 Å². The molecule has 0 bridgehead atoms. The summed E-state index contributed by atoms with van der Waals surface area (Å²) in [6.45, 7) is 0. The lowest BCUT2D eigenvalue weighted by molar-refractivity contribution is -0.113. The number of ether oxygens (including phenoxy) is 1. The van der Waals surface area contributed by atoms with Crippen LogP contribution in [0.1, 0.15) is 34.3 Å². The van der Waals surface area contributed by atoms with Gasteiger partial charge >= 0.3 is 5.97 Å². The van der Waals surface area contributed by atoms with Gasteiger partial charge in [-0.1, -0.05) is 29.8 Å². The summed E-state index contributed by atoms with van der Waals surface area (Å²) in [5, 5.41) is 5.98. The van der Waals surface area contributed by atoms with Crippen LogP contribution in [0.2, 0.25) is 5.02 Å². The maximum Gasteiger partial charge on any atom is 0.341 e. The van der Waals surface area contributed by atoms with Crippen molar-refractivity contribution in [2.24, 2.45) is 0 Å². The molecule has 0 saturated heterocycles. The first-order valence-corrected chi connectivity index (χ1v) is 12.3. The van der Waals surface area contributed by atoms with Gasteiger partial charge in [-0.05, 0) is 66.6 Å². The highest BCUT2D eigenvalue weighted by atomic mass is 35.5. The quantitative estimate of drug-likeness (QED) is 0.331. The van der Waals surface area contributed by atoms with E-state index < -0.39 is 5.97 Å². The number of halogens is 1. The Hall–Kier alpha value is -2.28. The van der Waals surface area contributed by atoms with Crippen molar-refractivity contribution < 1.29 is 14.3 Å². The summed E-state index contributed by atoms with van der Waals surface area (Å²) in [6, 6.07) is 13.7. The molecule has 1 N–H and O–H groups in total. The van der Waals surface area contributed by atoms with E-state index in [-0.39, 0.29) is 11.7 Å². The normalized spacial score (nSPS) is 12.8. The Kier molecular flexibility index (Phi) is 7.00. The number of benzene rings is 2. The Morgan fingerprint density at radius 1 is 1.10 bits per heavy atom. The average Bonchev–Trinajstić information content (AvgIpc) is 3.21. The number of esters is 1. The summed E-state index contributed by atoms with van der Waals surface area (Å²) in [6.07, 6.45) is 4.58. The summed E-state index contributed by atoms with van der Waals surface area (Å²) >= 11 is 8.66. The van der Waals surface area contributed by atoms with Gasteiger partial charge in [0.2, 0.25) is 5.91 Å². The van der Waals surface area contributed by atoms with Crippen LogP contribution in [0, 0.1) is 0 Å². The molecule has 0 aliphatic heterocycles. The molecule has 4 nitrogen and oxygen atoms in total. The summed E-state index contributed by atoms with van der Waals surface area (Å²) < 4.78 is 5.03. The third-order valence-corrected chi connectivity index (χ3v) is 7.44. The highest BCUT2D eigenvalue weighted by molar-refractivity contribution is 8.00. The molecule has 0 atom stereocenters. The number of carbonyl (C=O) groups is 2. The van der Waals surface area contributed by atoms with Crippen LogP contribution in [0.4, 0.5) is 5.00 Å². The molecular formula is C24H22ClNO3S2. The number of anilines is 1. The van der Waals surface area contributed by atoms with Crippen molar-refractivity contribution in [1.29, 1.82) is 0 Å². The molecule has 31 heavy (non-hydrogen) atoms. The van der Waals surface area contributed by atoms with Crippen LogP contribution >= 0.6 is 34.7 Å². The smallest absolute Gasteiger partial charge is 0.341 e. The van der Waals surface area contributed by atoms with Crippen LogP contribution in [0.5, 0.6) is 0 Å². The minimum atomic E-state index is -0.449. The Bertz CT molecular complexity index is 1110. The largest absolute Gasteiger partial charge is 0.465 e. The monoisotopic (exact) mass is 471 g/mol. The van der Waals surface area contributed by atoms with E-state index in [1.54, 1.807) is 12.1 Å². The molecule has 1 aromatic heterocycles. The Morgan fingerprint density at radius 3 is 2.58 bits per heavy atom. The number of thiophene rings is 1. The van der Waals surface area contributed by atoms with Gasteiger partial charge in [-0.15, -0.1) is 23.1 Å². The zero-order chi connectivity index (χ0) is 21.8. The number of methoxy groups -OCH3 is 1. The molecule has 1 heterocycles. The van der Waals surface area contributed by atoms with E-state index in [9.17, 15) is 9.59 Å². The third-order valence-electron chi connectivity index (χ3n) is 5.28. The van der Waals surface area contributed by atoms with Crippen molar-refractivity contribution in [3.05, 3.63) is 69.6 Å². The van der Waals surface area contributed by atoms with Gasteiger partial charge in [-0.2, -0.15) is 0 Å². The summed E-state index contributed by atoms with van der Waals surface area (Å²) in [7, 11) is 1.36. The number of rotatable bonds is 6. The Balaban J connectivity index is 1.54. The first-order chi connectivity index (χ1) is 15.0. The van der Waals surface area contributed by atoms with Gasteiger partial charge in [-0.3, -0.25) is 4.79 Å². The number of hydrogen-bond acceptors (Lipinski definition) is 5. The highest BCUT2D eigenvalue weighted by Gasteiger charge is 2.23. The van der Waals surface area contributed by atoms with Crippen LogP contribution in [-0.4, -0.2) is 24.7 Å². The van der Waals surface area contributed by atoms with E-state index in [1.807, 2.05) is 17.5 Å². The van der Waals surface area contributed by atoms with Crippen LogP contribution < -0.4 is 5.32 Å². The van der Waals surface area contributed by atoms with E-state index in [4.69, 9.17) is 16.3 Å². The Morgan fingerprint density at radius 2 is 1.84 bits per heavy atom. The molecule has 1 aliphatic rings. The van der Waals surface area contributed by atoms with Crippen LogP contribution in [0.3, 0.4) is 0 Å². The van der Waals surface area contributed by atoms with Gasteiger partial charge < -0.3 is 10.1 Å². The second kappa shape index (κ2) is 9.90. The van der Waals surface area contributed by atoms with Crippen molar-refractivity contribution in [3.63, 3.8) is 0 Å². The first kappa shape index (κ1) is 21.9. The number of nitrogens with one attached hydrogen (secondary N) is 1. The minimum absolute atomic E-state index is 0.177. The maximum atomic E-state index is 12.6. The molecule has 7 heteroatoms. The lowest BCUT2D eigenvalue weighted by atomic mass is 9.89. The van der Waals surface area contributed by atoms with Gasteiger partial charge in [-0.25, -0.2) is 4.79 Å². The lowest BCUT2D eigenvalue weighted by Gasteiger charge is -2.16. The summed E-state index contributed by atoms with van der Waals surface area (Å²) in [5.74, 6) is -0.396. The third kappa shape index (κ3) is 5.14. The maximum absolute atomic E-state index is 12.6.